The standard InChI is InChI=1S/C34H40O3/c1-10-15-35-31-14-13-28(18-23(31)4)34(9,29-19-24(5)32(25(6)20-29)36-16-11-2)30-21-26(7)33(27(8)22-30)37-17-12-3/h10-14,18-22H,1-3,15-17H2,4-9H3. The fraction of sp³-hybridized carbons (Fsp3) is 0.294. The molecule has 0 aromatic heterocycles. The van der Waals surface area contributed by atoms with E-state index in [4.69, 9.17) is 14.2 Å². The molecule has 0 saturated heterocycles. The van der Waals surface area contributed by atoms with Gasteiger partial charge in [0.1, 0.15) is 37.1 Å². The first-order valence-corrected chi connectivity index (χ1v) is 12.7. The van der Waals surface area contributed by atoms with Gasteiger partial charge >= 0.3 is 0 Å². The highest BCUT2D eigenvalue weighted by molar-refractivity contribution is 5.58. The van der Waals surface area contributed by atoms with Gasteiger partial charge in [-0.05, 0) is 92.1 Å². The number of benzene rings is 3. The van der Waals surface area contributed by atoms with E-state index in [-0.39, 0.29) is 0 Å². The minimum absolute atomic E-state index is 0.430. The van der Waals surface area contributed by atoms with Gasteiger partial charge in [-0.2, -0.15) is 0 Å². The van der Waals surface area contributed by atoms with Crippen LogP contribution in [0.2, 0.25) is 0 Å². The summed E-state index contributed by atoms with van der Waals surface area (Å²) < 4.78 is 17.9. The van der Waals surface area contributed by atoms with Crippen LogP contribution in [0.4, 0.5) is 0 Å². The normalized spacial score (nSPS) is 11.1. The maximum absolute atomic E-state index is 5.99. The van der Waals surface area contributed by atoms with Crippen molar-refractivity contribution in [1.29, 1.82) is 0 Å². The van der Waals surface area contributed by atoms with Gasteiger partial charge in [-0.3, -0.25) is 0 Å². The average Bonchev–Trinajstić information content (AvgIpc) is 2.86. The van der Waals surface area contributed by atoms with E-state index in [0.717, 1.165) is 45.1 Å². The summed E-state index contributed by atoms with van der Waals surface area (Å²) in [6.45, 7) is 25.6. The highest BCUT2D eigenvalue weighted by Gasteiger charge is 2.33. The molecule has 0 bridgehead atoms. The lowest BCUT2D eigenvalue weighted by molar-refractivity contribution is 0.357. The number of hydrogen-bond donors (Lipinski definition) is 0. The van der Waals surface area contributed by atoms with Crippen molar-refractivity contribution in [1.82, 2.24) is 0 Å². The minimum Gasteiger partial charge on any atom is -0.489 e. The number of ether oxygens (including phenoxy) is 3. The van der Waals surface area contributed by atoms with Gasteiger partial charge in [-0.25, -0.2) is 0 Å². The Hall–Kier alpha value is -3.72. The SMILES string of the molecule is C=CCOc1ccc(C(C)(c2cc(C)c(OCC=C)c(C)c2)c2cc(C)c(OCC=C)c(C)c2)cc1C. The molecule has 0 aliphatic rings. The van der Waals surface area contributed by atoms with Gasteiger partial charge in [-0.1, -0.05) is 74.4 Å². The van der Waals surface area contributed by atoms with Crippen molar-refractivity contribution in [2.45, 2.75) is 47.0 Å². The molecule has 0 fully saturated rings. The molecule has 0 saturated carbocycles. The summed E-state index contributed by atoms with van der Waals surface area (Å²) in [5.41, 5.74) is 8.65. The molecule has 0 aliphatic carbocycles. The van der Waals surface area contributed by atoms with Crippen molar-refractivity contribution in [3.05, 3.63) is 125 Å². The maximum Gasteiger partial charge on any atom is 0.125 e. The Labute approximate surface area is 223 Å². The molecule has 37 heavy (non-hydrogen) atoms. The fourth-order valence-corrected chi connectivity index (χ4v) is 4.99. The van der Waals surface area contributed by atoms with E-state index in [2.05, 4.69) is 104 Å². The molecule has 0 spiro atoms. The molecule has 0 heterocycles. The highest BCUT2D eigenvalue weighted by Crippen LogP contribution is 2.44. The zero-order valence-corrected chi connectivity index (χ0v) is 23.2. The predicted molar refractivity (Wildman–Crippen MR) is 156 cm³/mol. The van der Waals surface area contributed by atoms with E-state index < -0.39 is 5.41 Å². The van der Waals surface area contributed by atoms with Crippen molar-refractivity contribution < 1.29 is 14.2 Å². The van der Waals surface area contributed by atoms with Crippen molar-refractivity contribution in [3.63, 3.8) is 0 Å². The summed E-state index contributed by atoms with van der Waals surface area (Å²) >= 11 is 0. The minimum atomic E-state index is -0.430. The van der Waals surface area contributed by atoms with Crippen LogP contribution in [0.25, 0.3) is 0 Å². The molecule has 3 nitrogen and oxygen atoms in total. The molecular formula is C34H40O3. The lowest BCUT2D eigenvalue weighted by atomic mass is 9.69. The second-order valence-electron chi connectivity index (χ2n) is 9.78. The van der Waals surface area contributed by atoms with Crippen LogP contribution in [-0.4, -0.2) is 19.8 Å². The van der Waals surface area contributed by atoms with E-state index in [1.54, 1.807) is 18.2 Å². The molecular weight excluding hydrogens is 456 g/mol. The van der Waals surface area contributed by atoms with Crippen LogP contribution in [0.5, 0.6) is 17.2 Å². The van der Waals surface area contributed by atoms with Crippen LogP contribution in [0.15, 0.2) is 80.4 Å². The third-order valence-corrected chi connectivity index (χ3v) is 6.88. The monoisotopic (exact) mass is 496 g/mol. The van der Waals surface area contributed by atoms with Crippen molar-refractivity contribution in [3.8, 4) is 17.2 Å². The molecule has 194 valence electrons. The zero-order valence-electron chi connectivity index (χ0n) is 23.2. The molecule has 0 N–H and O–H groups in total. The van der Waals surface area contributed by atoms with E-state index >= 15 is 0 Å². The second-order valence-corrected chi connectivity index (χ2v) is 9.78. The van der Waals surface area contributed by atoms with E-state index in [1.165, 1.54) is 16.7 Å². The van der Waals surface area contributed by atoms with Crippen LogP contribution in [0.3, 0.4) is 0 Å². The smallest absolute Gasteiger partial charge is 0.125 e. The van der Waals surface area contributed by atoms with Gasteiger partial charge in [0.05, 0.1) is 0 Å². The molecule has 3 heteroatoms. The van der Waals surface area contributed by atoms with Crippen LogP contribution >= 0.6 is 0 Å². The first kappa shape index (κ1) is 27.9. The van der Waals surface area contributed by atoms with Crippen molar-refractivity contribution >= 4 is 0 Å². The number of hydrogen-bond acceptors (Lipinski definition) is 3. The quantitative estimate of drug-likeness (QED) is 0.186. The van der Waals surface area contributed by atoms with Crippen LogP contribution in [-0.2, 0) is 5.41 Å². The van der Waals surface area contributed by atoms with Gasteiger partial charge < -0.3 is 14.2 Å². The van der Waals surface area contributed by atoms with Crippen LogP contribution in [0, 0.1) is 34.6 Å². The summed E-state index contributed by atoms with van der Waals surface area (Å²) in [6.07, 6.45) is 5.31. The third-order valence-electron chi connectivity index (χ3n) is 6.88. The Morgan fingerprint density at radius 3 is 1.32 bits per heavy atom. The van der Waals surface area contributed by atoms with Crippen molar-refractivity contribution in [2.24, 2.45) is 0 Å². The fourth-order valence-electron chi connectivity index (χ4n) is 4.99. The van der Waals surface area contributed by atoms with Gasteiger partial charge in [0.25, 0.3) is 0 Å². The van der Waals surface area contributed by atoms with Crippen LogP contribution in [0.1, 0.15) is 51.4 Å². The first-order valence-electron chi connectivity index (χ1n) is 12.7. The Morgan fingerprint density at radius 1 is 0.568 bits per heavy atom. The Bertz CT molecular complexity index is 1180. The predicted octanol–water partition coefficient (Wildman–Crippen LogP) is 8.28. The lowest BCUT2D eigenvalue weighted by Gasteiger charge is -2.34. The van der Waals surface area contributed by atoms with E-state index in [0.29, 0.717) is 19.8 Å². The molecule has 0 aliphatic heterocycles. The van der Waals surface area contributed by atoms with Gasteiger partial charge in [0, 0.05) is 5.41 Å². The molecule has 3 rings (SSSR count). The molecule has 0 amide bonds. The highest BCUT2D eigenvalue weighted by atomic mass is 16.5. The second kappa shape index (κ2) is 12.0. The maximum atomic E-state index is 5.99. The van der Waals surface area contributed by atoms with Crippen molar-refractivity contribution in [2.75, 3.05) is 19.8 Å². The first-order chi connectivity index (χ1) is 17.7. The molecule has 3 aromatic rings. The molecule has 0 atom stereocenters. The van der Waals surface area contributed by atoms with E-state index in [9.17, 15) is 0 Å². The Kier molecular flexibility index (Phi) is 9.04. The summed E-state index contributed by atoms with van der Waals surface area (Å²) in [4.78, 5) is 0. The summed E-state index contributed by atoms with van der Waals surface area (Å²) in [5, 5.41) is 0. The summed E-state index contributed by atoms with van der Waals surface area (Å²) in [7, 11) is 0. The van der Waals surface area contributed by atoms with E-state index in [1.807, 2.05) is 0 Å². The number of aryl methyl sites for hydroxylation is 5. The topological polar surface area (TPSA) is 27.7 Å². The molecule has 0 radical (unpaired) electrons. The average molecular weight is 497 g/mol. The van der Waals surface area contributed by atoms with Gasteiger partial charge in [0.2, 0.25) is 0 Å². The lowest BCUT2D eigenvalue weighted by Crippen LogP contribution is -2.26. The summed E-state index contributed by atoms with van der Waals surface area (Å²) in [5.74, 6) is 2.69. The third kappa shape index (κ3) is 5.83. The van der Waals surface area contributed by atoms with Crippen LogP contribution < -0.4 is 14.2 Å². The Morgan fingerprint density at radius 2 is 0.946 bits per heavy atom. The summed E-state index contributed by atoms with van der Waals surface area (Å²) in [6, 6.07) is 15.5. The van der Waals surface area contributed by atoms with Gasteiger partial charge in [0.15, 0.2) is 0 Å². The molecule has 0 unspecified atom stereocenters. The Balaban J connectivity index is 2.26. The largest absolute Gasteiger partial charge is 0.489 e. The molecule has 3 aromatic carbocycles. The number of rotatable bonds is 12. The van der Waals surface area contributed by atoms with Gasteiger partial charge in [-0.15, -0.1) is 0 Å². The zero-order chi connectivity index (χ0) is 27.2.